The number of carbonyl (C=O) groups excluding carboxylic acids is 2. The normalized spacial score (nSPS) is 14.9. The summed E-state index contributed by atoms with van der Waals surface area (Å²) in [5.74, 6) is -0.0224. The van der Waals surface area contributed by atoms with E-state index in [9.17, 15) is 14.7 Å². The Kier molecular flexibility index (Phi) is 4.81. The number of nitrogens with one attached hydrogen (secondary N) is 1. The van der Waals surface area contributed by atoms with Gasteiger partial charge in [0.25, 0.3) is 5.91 Å². The minimum Gasteiger partial charge on any atom is -0.504 e. The molecule has 2 aliphatic heterocycles. The van der Waals surface area contributed by atoms with Gasteiger partial charge in [-0.3, -0.25) is 14.3 Å². The number of hydrogen-bond donors (Lipinski definition) is 2. The molecule has 29 heavy (non-hydrogen) atoms. The Bertz CT molecular complexity index is 997. The van der Waals surface area contributed by atoms with Crippen molar-refractivity contribution in [1.29, 1.82) is 0 Å². The Morgan fingerprint density at radius 3 is 2.79 bits per heavy atom. The maximum absolute atomic E-state index is 12.6. The Morgan fingerprint density at radius 2 is 2.07 bits per heavy atom. The fraction of sp³-hybridized carbons (Fsp3) is 0.450. The highest BCUT2D eigenvalue weighted by molar-refractivity contribution is 6.01. The highest BCUT2D eigenvalue weighted by atomic mass is 16.7. The molecule has 9 nitrogen and oxygen atoms in total. The van der Waals surface area contributed by atoms with Gasteiger partial charge in [0.15, 0.2) is 11.5 Å². The van der Waals surface area contributed by atoms with E-state index < -0.39 is 0 Å². The predicted octanol–water partition coefficient (Wildman–Crippen LogP) is 1.27. The number of ether oxygens (including phenoxy) is 2. The van der Waals surface area contributed by atoms with E-state index in [0.29, 0.717) is 36.4 Å². The van der Waals surface area contributed by atoms with Crippen LogP contribution in [0.5, 0.6) is 17.2 Å². The molecular weight excluding hydrogens is 376 g/mol. The monoisotopic (exact) mass is 400 g/mol. The third kappa shape index (κ3) is 3.37. The highest BCUT2D eigenvalue weighted by Gasteiger charge is 2.35. The van der Waals surface area contributed by atoms with Crippen molar-refractivity contribution in [3.8, 4) is 17.2 Å². The van der Waals surface area contributed by atoms with Gasteiger partial charge in [0, 0.05) is 44.4 Å². The zero-order valence-electron chi connectivity index (χ0n) is 16.7. The molecule has 2 N–H and O–H groups in total. The van der Waals surface area contributed by atoms with Crippen LogP contribution in [0.25, 0.3) is 0 Å². The number of aryl methyl sites for hydroxylation is 3. The molecule has 2 aromatic rings. The van der Waals surface area contributed by atoms with Crippen LogP contribution in [0, 0.1) is 13.8 Å². The summed E-state index contributed by atoms with van der Waals surface area (Å²) in [6.45, 7) is 5.05. The van der Waals surface area contributed by atoms with E-state index in [1.165, 1.54) is 0 Å². The van der Waals surface area contributed by atoms with Gasteiger partial charge in [-0.15, -0.1) is 0 Å². The molecule has 2 amide bonds. The molecular formula is C20H24N4O5. The first-order valence-electron chi connectivity index (χ1n) is 9.56. The Hall–Kier alpha value is -3.23. The van der Waals surface area contributed by atoms with Crippen LogP contribution in [0.1, 0.15) is 39.3 Å². The van der Waals surface area contributed by atoms with Crippen molar-refractivity contribution in [2.24, 2.45) is 0 Å². The van der Waals surface area contributed by atoms with E-state index in [1.807, 2.05) is 19.9 Å². The number of likely N-dealkylation sites (N-methyl/N-ethyl adjacent to an activating group) is 1. The van der Waals surface area contributed by atoms with E-state index >= 15 is 0 Å². The number of hydrogen-bond acceptors (Lipinski definition) is 6. The smallest absolute Gasteiger partial charge is 0.257 e. The average Bonchev–Trinajstić information content (AvgIpc) is 3.29. The third-order valence-electron chi connectivity index (χ3n) is 5.38. The van der Waals surface area contributed by atoms with Crippen molar-refractivity contribution < 1.29 is 24.2 Å². The standard InChI is InChI=1S/C20H24N4O5/c1-11-8-12(2)24(22-11)7-5-15(25)21-9-14-13-4-6-23(3)20(27)16(13)17(26)19-18(14)28-10-29-19/h8,26H,4-7,9-10H2,1-3H3,(H,21,25). The van der Waals surface area contributed by atoms with Crippen molar-refractivity contribution in [1.82, 2.24) is 20.0 Å². The summed E-state index contributed by atoms with van der Waals surface area (Å²) in [6.07, 6.45) is 0.849. The van der Waals surface area contributed by atoms with Gasteiger partial charge in [0.05, 0.1) is 11.3 Å². The lowest BCUT2D eigenvalue weighted by Gasteiger charge is -2.28. The number of phenolic OH excluding ortho intramolecular Hbond substituents is 1. The van der Waals surface area contributed by atoms with Crippen LogP contribution < -0.4 is 14.8 Å². The van der Waals surface area contributed by atoms with Gasteiger partial charge in [-0.1, -0.05) is 0 Å². The number of nitrogens with zero attached hydrogens (tertiary/aromatic N) is 3. The van der Waals surface area contributed by atoms with Crippen LogP contribution in [0.15, 0.2) is 6.07 Å². The summed E-state index contributed by atoms with van der Waals surface area (Å²) in [6, 6.07) is 1.97. The van der Waals surface area contributed by atoms with E-state index in [4.69, 9.17) is 9.47 Å². The molecule has 3 heterocycles. The number of phenols is 1. The van der Waals surface area contributed by atoms with Crippen LogP contribution >= 0.6 is 0 Å². The first-order chi connectivity index (χ1) is 13.9. The minimum absolute atomic E-state index is 0.0330. The summed E-state index contributed by atoms with van der Waals surface area (Å²) in [5, 5.41) is 17.8. The fourth-order valence-corrected chi connectivity index (χ4v) is 3.87. The molecule has 0 aliphatic carbocycles. The zero-order valence-corrected chi connectivity index (χ0v) is 16.7. The lowest BCUT2D eigenvalue weighted by atomic mass is 9.91. The highest BCUT2D eigenvalue weighted by Crippen LogP contribution is 2.48. The quantitative estimate of drug-likeness (QED) is 0.783. The van der Waals surface area contributed by atoms with Gasteiger partial charge < -0.3 is 24.8 Å². The third-order valence-corrected chi connectivity index (χ3v) is 5.38. The van der Waals surface area contributed by atoms with Gasteiger partial charge in [0.1, 0.15) is 0 Å². The summed E-state index contributed by atoms with van der Waals surface area (Å²) in [4.78, 5) is 26.6. The van der Waals surface area contributed by atoms with Crippen molar-refractivity contribution in [2.75, 3.05) is 20.4 Å². The van der Waals surface area contributed by atoms with Crippen LogP contribution in [0.2, 0.25) is 0 Å². The SMILES string of the molecule is Cc1cc(C)n(CCC(=O)NCc2c3c(c(O)c4c2OCO4)C(=O)N(C)CC3)n1. The number of aromatic nitrogens is 2. The van der Waals surface area contributed by atoms with Gasteiger partial charge >= 0.3 is 0 Å². The molecule has 9 heteroatoms. The Morgan fingerprint density at radius 1 is 1.31 bits per heavy atom. The first kappa shape index (κ1) is 19.1. The zero-order chi connectivity index (χ0) is 20.7. The maximum Gasteiger partial charge on any atom is 0.257 e. The molecule has 0 unspecified atom stereocenters. The molecule has 0 spiro atoms. The molecule has 2 aliphatic rings. The first-order valence-corrected chi connectivity index (χ1v) is 9.56. The van der Waals surface area contributed by atoms with Crippen LogP contribution in [-0.2, 0) is 24.3 Å². The lowest BCUT2D eigenvalue weighted by Crippen LogP contribution is -2.35. The molecule has 0 saturated carbocycles. The number of fused-ring (bicyclic) bond motifs is 2. The molecule has 4 rings (SSSR count). The second kappa shape index (κ2) is 7.31. The number of aromatic hydroxyl groups is 1. The van der Waals surface area contributed by atoms with Crippen LogP contribution in [-0.4, -0.2) is 52.0 Å². The summed E-state index contributed by atoms with van der Waals surface area (Å²) < 4.78 is 12.7. The van der Waals surface area contributed by atoms with Crippen molar-refractivity contribution in [3.05, 3.63) is 34.1 Å². The summed E-state index contributed by atoms with van der Waals surface area (Å²) in [7, 11) is 1.69. The van der Waals surface area contributed by atoms with Gasteiger partial charge in [-0.05, 0) is 31.9 Å². The number of benzene rings is 1. The van der Waals surface area contributed by atoms with Crippen LogP contribution in [0.4, 0.5) is 0 Å². The van der Waals surface area contributed by atoms with Gasteiger partial charge in [-0.25, -0.2) is 0 Å². The van der Waals surface area contributed by atoms with E-state index in [-0.39, 0.29) is 48.6 Å². The van der Waals surface area contributed by atoms with Gasteiger partial charge in [0.2, 0.25) is 18.4 Å². The molecule has 0 saturated heterocycles. The van der Waals surface area contributed by atoms with Crippen molar-refractivity contribution in [2.45, 2.75) is 39.8 Å². The van der Waals surface area contributed by atoms with Crippen molar-refractivity contribution in [3.63, 3.8) is 0 Å². The van der Waals surface area contributed by atoms with Gasteiger partial charge in [-0.2, -0.15) is 5.10 Å². The van der Waals surface area contributed by atoms with E-state index in [0.717, 1.165) is 11.4 Å². The molecule has 154 valence electrons. The second-order valence-electron chi connectivity index (χ2n) is 7.40. The molecule has 0 radical (unpaired) electrons. The van der Waals surface area contributed by atoms with Crippen molar-refractivity contribution >= 4 is 11.8 Å². The lowest BCUT2D eigenvalue weighted by molar-refractivity contribution is -0.121. The second-order valence-corrected chi connectivity index (χ2v) is 7.40. The minimum atomic E-state index is -0.265. The Labute approximate surface area is 168 Å². The van der Waals surface area contributed by atoms with Crippen LogP contribution in [0.3, 0.4) is 0 Å². The number of carbonyl (C=O) groups is 2. The number of rotatable bonds is 5. The average molecular weight is 400 g/mol. The fourth-order valence-electron chi connectivity index (χ4n) is 3.87. The summed E-state index contributed by atoms with van der Waals surface area (Å²) >= 11 is 0. The van der Waals surface area contributed by atoms with E-state index in [1.54, 1.807) is 16.6 Å². The topological polar surface area (TPSA) is 106 Å². The predicted molar refractivity (Wildman–Crippen MR) is 103 cm³/mol. The molecule has 0 atom stereocenters. The summed E-state index contributed by atoms with van der Waals surface area (Å²) in [5.41, 5.74) is 3.55. The molecule has 0 fully saturated rings. The van der Waals surface area contributed by atoms with E-state index in [2.05, 4.69) is 10.4 Å². The largest absolute Gasteiger partial charge is 0.504 e. The molecule has 1 aromatic carbocycles. The molecule has 1 aromatic heterocycles. The maximum atomic E-state index is 12.6. The number of amides is 2. The Balaban J connectivity index is 1.53. The molecule has 0 bridgehead atoms.